The number of amides is 1. The molecule has 0 spiro atoms. The van der Waals surface area contributed by atoms with Crippen molar-refractivity contribution in [2.24, 2.45) is 5.10 Å². The largest absolute Gasteiger partial charge is 0.454 e. The molecule has 2 rings (SSSR count). The summed E-state index contributed by atoms with van der Waals surface area (Å²) in [4.78, 5) is 22.3. The Morgan fingerprint density at radius 1 is 1.24 bits per heavy atom. The van der Waals surface area contributed by atoms with E-state index in [9.17, 15) is 14.9 Å². The molecule has 1 heterocycles. The molecule has 1 aromatic carbocycles. The minimum atomic E-state index is -0.526. The lowest BCUT2D eigenvalue weighted by Crippen LogP contribution is -2.17. The predicted molar refractivity (Wildman–Crippen MR) is 92.9 cm³/mol. The van der Waals surface area contributed by atoms with Crippen molar-refractivity contribution in [3.8, 4) is 11.5 Å². The first-order valence-electron chi connectivity index (χ1n) is 8.51. The number of nitro groups is 1. The summed E-state index contributed by atoms with van der Waals surface area (Å²) in [6.45, 7) is 2.19. The molecule has 0 saturated carbocycles. The van der Waals surface area contributed by atoms with E-state index in [1.165, 1.54) is 37.6 Å². The molecule has 0 saturated heterocycles. The summed E-state index contributed by atoms with van der Waals surface area (Å²) in [6, 6.07) is 2.77. The smallest absolute Gasteiger partial charge is 0.282 e. The zero-order chi connectivity index (χ0) is 18.1. The van der Waals surface area contributed by atoms with Gasteiger partial charge in [0.15, 0.2) is 11.5 Å². The van der Waals surface area contributed by atoms with E-state index in [0.29, 0.717) is 17.9 Å². The van der Waals surface area contributed by atoms with Crippen LogP contribution in [-0.2, 0) is 4.79 Å². The highest BCUT2D eigenvalue weighted by Gasteiger charge is 2.22. The summed E-state index contributed by atoms with van der Waals surface area (Å²) in [5, 5.41) is 14.9. The Kier molecular flexibility index (Phi) is 7.18. The maximum Gasteiger partial charge on any atom is 0.282 e. The fourth-order valence-corrected chi connectivity index (χ4v) is 2.50. The van der Waals surface area contributed by atoms with Crippen molar-refractivity contribution in [1.29, 1.82) is 0 Å². The lowest BCUT2D eigenvalue weighted by atomic mass is 10.1. The number of ether oxygens (including phenoxy) is 2. The molecule has 0 aromatic heterocycles. The second-order valence-electron chi connectivity index (χ2n) is 5.83. The maximum absolute atomic E-state index is 11.7. The van der Waals surface area contributed by atoms with Crippen molar-refractivity contribution in [3.05, 3.63) is 27.8 Å². The van der Waals surface area contributed by atoms with Gasteiger partial charge in [-0.3, -0.25) is 14.9 Å². The lowest BCUT2D eigenvalue weighted by molar-refractivity contribution is -0.385. The Bertz CT molecular complexity index is 645. The standard InChI is InChI=1S/C17H23N3O5/c1-2-3-4-5-6-7-8-17(21)19-18-11-13-9-15-16(25-12-24-15)10-14(13)20(22)23/h9-11H,2-8,12H2,1H3,(H,19,21)/b18-11+. The highest BCUT2D eigenvalue weighted by molar-refractivity contribution is 5.88. The van der Waals surface area contributed by atoms with E-state index in [4.69, 9.17) is 9.47 Å². The average molecular weight is 349 g/mol. The summed E-state index contributed by atoms with van der Waals surface area (Å²) >= 11 is 0. The third-order valence-corrected chi connectivity index (χ3v) is 3.87. The molecule has 1 aliphatic heterocycles. The molecule has 1 aliphatic rings. The van der Waals surface area contributed by atoms with Gasteiger partial charge in [0.05, 0.1) is 22.8 Å². The number of carbonyl (C=O) groups excluding carboxylic acids is 1. The Labute approximate surface area is 146 Å². The predicted octanol–water partition coefficient (Wildman–Crippen LogP) is 3.52. The fraction of sp³-hybridized carbons (Fsp3) is 0.529. The van der Waals surface area contributed by atoms with E-state index in [1.54, 1.807) is 0 Å². The van der Waals surface area contributed by atoms with Gasteiger partial charge in [-0.05, 0) is 12.5 Å². The van der Waals surface area contributed by atoms with Crippen LogP contribution in [0.3, 0.4) is 0 Å². The van der Waals surface area contributed by atoms with Gasteiger partial charge < -0.3 is 9.47 Å². The minimum Gasteiger partial charge on any atom is -0.454 e. The molecule has 8 heteroatoms. The second-order valence-corrected chi connectivity index (χ2v) is 5.83. The van der Waals surface area contributed by atoms with E-state index in [1.807, 2.05) is 0 Å². The van der Waals surface area contributed by atoms with E-state index >= 15 is 0 Å². The molecule has 1 N–H and O–H groups in total. The number of unbranched alkanes of at least 4 members (excludes halogenated alkanes) is 5. The Morgan fingerprint density at radius 3 is 2.64 bits per heavy atom. The van der Waals surface area contributed by atoms with Gasteiger partial charge in [-0.2, -0.15) is 5.10 Å². The van der Waals surface area contributed by atoms with Crippen LogP contribution in [0.4, 0.5) is 5.69 Å². The van der Waals surface area contributed by atoms with Crippen molar-refractivity contribution in [3.63, 3.8) is 0 Å². The number of nitrogens with one attached hydrogen (secondary N) is 1. The molecule has 0 unspecified atom stereocenters. The van der Waals surface area contributed by atoms with Gasteiger partial charge in [0.2, 0.25) is 12.7 Å². The summed E-state index contributed by atoms with van der Waals surface area (Å²) < 4.78 is 10.3. The highest BCUT2D eigenvalue weighted by Crippen LogP contribution is 2.37. The zero-order valence-corrected chi connectivity index (χ0v) is 14.3. The molecule has 0 atom stereocenters. The van der Waals surface area contributed by atoms with Crippen LogP contribution in [0.15, 0.2) is 17.2 Å². The number of fused-ring (bicyclic) bond motifs is 1. The highest BCUT2D eigenvalue weighted by atomic mass is 16.7. The number of hydrogen-bond acceptors (Lipinski definition) is 6. The molecular formula is C17H23N3O5. The molecule has 0 fully saturated rings. The first-order valence-corrected chi connectivity index (χ1v) is 8.51. The van der Waals surface area contributed by atoms with E-state index < -0.39 is 4.92 Å². The molecule has 0 radical (unpaired) electrons. The van der Waals surface area contributed by atoms with Crippen molar-refractivity contribution >= 4 is 17.8 Å². The third-order valence-electron chi connectivity index (χ3n) is 3.87. The first-order chi connectivity index (χ1) is 12.1. The number of nitro benzene ring substituents is 1. The number of nitrogens with zero attached hydrogens (tertiary/aromatic N) is 2. The molecule has 25 heavy (non-hydrogen) atoms. The average Bonchev–Trinajstić information content (AvgIpc) is 3.04. The quantitative estimate of drug-likeness (QED) is 0.301. The number of hydrazone groups is 1. The van der Waals surface area contributed by atoms with Crippen molar-refractivity contribution in [1.82, 2.24) is 5.43 Å². The van der Waals surface area contributed by atoms with Crippen LogP contribution >= 0.6 is 0 Å². The topological polar surface area (TPSA) is 103 Å². The van der Waals surface area contributed by atoms with Crippen LogP contribution in [-0.4, -0.2) is 23.8 Å². The SMILES string of the molecule is CCCCCCCCC(=O)N/N=C/c1cc2c(cc1[N+](=O)[O-])OCO2. The van der Waals surface area contributed by atoms with Gasteiger partial charge in [0.25, 0.3) is 5.69 Å². The van der Waals surface area contributed by atoms with E-state index in [-0.39, 0.29) is 24.0 Å². The normalized spacial score (nSPS) is 12.5. The Balaban J connectivity index is 1.83. The first kappa shape index (κ1) is 18.7. The monoisotopic (exact) mass is 349 g/mol. The van der Waals surface area contributed by atoms with Gasteiger partial charge in [-0.15, -0.1) is 0 Å². The second kappa shape index (κ2) is 9.61. The van der Waals surface area contributed by atoms with Crippen LogP contribution in [0.2, 0.25) is 0 Å². The molecule has 0 bridgehead atoms. The van der Waals surface area contributed by atoms with Crippen LogP contribution in [0.5, 0.6) is 11.5 Å². The fourth-order valence-electron chi connectivity index (χ4n) is 2.50. The molecule has 8 nitrogen and oxygen atoms in total. The van der Waals surface area contributed by atoms with Gasteiger partial charge >= 0.3 is 0 Å². The van der Waals surface area contributed by atoms with E-state index in [2.05, 4.69) is 17.5 Å². The number of carbonyl (C=O) groups is 1. The van der Waals surface area contributed by atoms with Gasteiger partial charge in [0, 0.05) is 6.42 Å². The summed E-state index contributed by atoms with van der Waals surface area (Å²) in [7, 11) is 0. The van der Waals surface area contributed by atoms with E-state index in [0.717, 1.165) is 19.3 Å². The van der Waals surface area contributed by atoms with Crippen LogP contribution < -0.4 is 14.9 Å². The minimum absolute atomic E-state index is 0.0298. The number of hydrogen-bond donors (Lipinski definition) is 1. The maximum atomic E-state index is 11.7. The third kappa shape index (κ3) is 5.74. The van der Waals surface area contributed by atoms with Crippen LogP contribution in [0.1, 0.15) is 57.4 Å². The zero-order valence-electron chi connectivity index (χ0n) is 14.3. The molecule has 1 amide bonds. The van der Waals surface area contributed by atoms with Crippen molar-refractivity contribution < 1.29 is 19.2 Å². The molecule has 136 valence electrons. The Hall–Kier alpha value is -2.64. The number of benzene rings is 1. The summed E-state index contributed by atoms with van der Waals surface area (Å²) in [5.41, 5.74) is 2.49. The Morgan fingerprint density at radius 2 is 1.92 bits per heavy atom. The molecular weight excluding hydrogens is 326 g/mol. The number of rotatable bonds is 10. The van der Waals surface area contributed by atoms with Gasteiger partial charge in [0.1, 0.15) is 0 Å². The van der Waals surface area contributed by atoms with Crippen molar-refractivity contribution in [2.45, 2.75) is 51.9 Å². The van der Waals surface area contributed by atoms with Crippen LogP contribution in [0, 0.1) is 10.1 Å². The van der Waals surface area contributed by atoms with Gasteiger partial charge in [-0.25, -0.2) is 5.43 Å². The van der Waals surface area contributed by atoms with Crippen molar-refractivity contribution in [2.75, 3.05) is 6.79 Å². The molecule has 0 aliphatic carbocycles. The summed E-state index contributed by atoms with van der Waals surface area (Å²) in [6.07, 6.45) is 8.23. The summed E-state index contributed by atoms with van der Waals surface area (Å²) in [5.74, 6) is 0.552. The molecule has 1 aromatic rings. The van der Waals surface area contributed by atoms with Crippen LogP contribution in [0.25, 0.3) is 0 Å². The van der Waals surface area contributed by atoms with Gasteiger partial charge in [-0.1, -0.05) is 39.0 Å². The lowest BCUT2D eigenvalue weighted by Gasteiger charge is -2.02.